The first-order chi connectivity index (χ1) is 14.7. The molecule has 1 amide bonds. The minimum Gasteiger partial charge on any atom is -0.494 e. The molecule has 6 nitrogen and oxygen atoms in total. The van der Waals surface area contributed by atoms with Crippen LogP contribution in [0.4, 0.5) is 5.69 Å². The normalized spacial score (nSPS) is 10.7. The van der Waals surface area contributed by atoms with Crippen LogP contribution in [0.2, 0.25) is 0 Å². The summed E-state index contributed by atoms with van der Waals surface area (Å²) < 4.78 is 5.57. The van der Waals surface area contributed by atoms with Crippen molar-refractivity contribution in [1.82, 2.24) is 9.97 Å². The molecule has 0 aliphatic rings. The molecular weight excluding hydrogens is 378 g/mol. The Bertz CT molecular complexity index is 1220. The minimum atomic E-state index is -0.227. The lowest BCUT2D eigenvalue weighted by atomic mass is 10.1. The molecule has 2 aromatic carbocycles. The van der Waals surface area contributed by atoms with Gasteiger partial charge in [0, 0.05) is 40.1 Å². The third-order valence-electron chi connectivity index (χ3n) is 4.77. The van der Waals surface area contributed by atoms with Gasteiger partial charge in [0.2, 0.25) is 0 Å². The summed E-state index contributed by atoms with van der Waals surface area (Å²) in [5, 5.41) is 0.847. The molecule has 0 atom stereocenters. The molecule has 0 fully saturated rings. The van der Waals surface area contributed by atoms with E-state index in [0.717, 1.165) is 16.7 Å². The maximum absolute atomic E-state index is 13.2. The molecule has 0 saturated heterocycles. The number of rotatable bonds is 6. The van der Waals surface area contributed by atoms with Crippen LogP contribution >= 0.6 is 0 Å². The predicted molar refractivity (Wildman–Crippen MR) is 117 cm³/mol. The highest BCUT2D eigenvalue weighted by Crippen LogP contribution is 2.22. The summed E-state index contributed by atoms with van der Waals surface area (Å²) in [7, 11) is 0. The lowest BCUT2D eigenvalue weighted by molar-refractivity contribution is 0.0985. The van der Waals surface area contributed by atoms with Crippen molar-refractivity contribution in [2.45, 2.75) is 13.5 Å². The highest BCUT2D eigenvalue weighted by molar-refractivity contribution is 6.06. The largest absolute Gasteiger partial charge is 0.494 e. The van der Waals surface area contributed by atoms with Crippen LogP contribution in [0.5, 0.6) is 5.75 Å². The van der Waals surface area contributed by atoms with Gasteiger partial charge in [0.1, 0.15) is 5.75 Å². The molecule has 2 aromatic heterocycles. The fourth-order valence-corrected chi connectivity index (χ4v) is 3.31. The first-order valence-electron chi connectivity index (χ1n) is 9.71. The molecule has 0 aliphatic carbocycles. The van der Waals surface area contributed by atoms with Gasteiger partial charge in [-0.1, -0.05) is 18.2 Å². The second kappa shape index (κ2) is 8.61. The van der Waals surface area contributed by atoms with Crippen LogP contribution < -0.4 is 15.2 Å². The van der Waals surface area contributed by atoms with Crippen molar-refractivity contribution in [2.24, 2.45) is 0 Å². The molecule has 0 saturated carbocycles. The van der Waals surface area contributed by atoms with Gasteiger partial charge >= 0.3 is 0 Å². The Labute approximate surface area is 173 Å². The Morgan fingerprint density at radius 1 is 1.03 bits per heavy atom. The van der Waals surface area contributed by atoms with Crippen molar-refractivity contribution in [3.05, 3.63) is 101 Å². The van der Waals surface area contributed by atoms with Gasteiger partial charge in [-0.05, 0) is 55.5 Å². The summed E-state index contributed by atoms with van der Waals surface area (Å²) in [6.45, 7) is 2.62. The highest BCUT2D eigenvalue weighted by atomic mass is 16.5. The molecule has 1 N–H and O–H groups in total. The SMILES string of the molecule is CCOc1ccc2[nH]c(=O)c(CN(C(=O)c3ccncc3)c3ccccc3)cc2c1. The van der Waals surface area contributed by atoms with E-state index in [1.807, 2.05) is 61.5 Å². The zero-order valence-electron chi connectivity index (χ0n) is 16.5. The monoisotopic (exact) mass is 399 g/mol. The third kappa shape index (κ3) is 4.07. The molecule has 150 valence electrons. The molecule has 0 radical (unpaired) electrons. The van der Waals surface area contributed by atoms with Gasteiger partial charge in [-0.25, -0.2) is 0 Å². The molecule has 0 spiro atoms. The van der Waals surface area contributed by atoms with Crippen LogP contribution in [0, 0.1) is 0 Å². The molecule has 30 heavy (non-hydrogen) atoms. The van der Waals surface area contributed by atoms with Crippen LogP contribution in [0.15, 0.2) is 83.9 Å². The molecule has 0 aliphatic heterocycles. The Morgan fingerprint density at radius 3 is 2.53 bits per heavy atom. The van der Waals surface area contributed by atoms with E-state index in [9.17, 15) is 9.59 Å². The van der Waals surface area contributed by atoms with Crippen LogP contribution in [0.25, 0.3) is 10.9 Å². The van der Waals surface area contributed by atoms with Gasteiger partial charge < -0.3 is 14.6 Å². The second-order valence-corrected chi connectivity index (χ2v) is 6.77. The number of pyridine rings is 2. The smallest absolute Gasteiger partial charge is 0.258 e. The van der Waals surface area contributed by atoms with E-state index in [0.29, 0.717) is 23.4 Å². The topological polar surface area (TPSA) is 75.3 Å². The Balaban J connectivity index is 1.75. The Kier molecular flexibility index (Phi) is 5.57. The number of aromatic amines is 1. The summed E-state index contributed by atoms with van der Waals surface area (Å²) in [5.74, 6) is 0.530. The van der Waals surface area contributed by atoms with E-state index in [-0.39, 0.29) is 18.0 Å². The molecule has 4 rings (SSSR count). The highest BCUT2D eigenvalue weighted by Gasteiger charge is 2.19. The van der Waals surface area contributed by atoms with E-state index in [1.54, 1.807) is 29.4 Å². The number of fused-ring (bicyclic) bond motifs is 1. The Morgan fingerprint density at radius 2 is 1.80 bits per heavy atom. The van der Waals surface area contributed by atoms with Gasteiger partial charge in [-0.2, -0.15) is 0 Å². The average molecular weight is 399 g/mol. The van der Waals surface area contributed by atoms with E-state index >= 15 is 0 Å². The van der Waals surface area contributed by atoms with Crippen molar-refractivity contribution in [2.75, 3.05) is 11.5 Å². The molecule has 2 heterocycles. The standard InChI is InChI=1S/C24H21N3O3/c1-2-30-21-8-9-22-18(15-21)14-19(23(28)26-22)16-27(20-6-4-3-5-7-20)24(29)17-10-12-25-13-11-17/h3-15H,2,16H2,1H3,(H,26,28). The van der Waals surface area contributed by atoms with Crippen molar-refractivity contribution in [3.8, 4) is 5.75 Å². The Hall–Kier alpha value is -3.93. The first-order valence-corrected chi connectivity index (χ1v) is 9.71. The van der Waals surface area contributed by atoms with E-state index in [4.69, 9.17) is 4.74 Å². The van der Waals surface area contributed by atoms with Crippen LogP contribution in [0.1, 0.15) is 22.8 Å². The predicted octanol–water partition coefficient (Wildman–Crippen LogP) is 4.17. The fourth-order valence-electron chi connectivity index (χ4n) is 3.31. The van der Waals surface area contributed by atoms with Crippen LogP contribution in [-0.4, -0.2) is 22.5 Å². The number of anilines is 1. The molecule has 0 unspecified atom stereocenters. The number of aromatic nitrogens is 2. The van der Waals surface area contributed by atoms with Crippen molar-refractivity contribution >= 4 is 22.5 Å². The number of nitrogens with one attached hydrogen (secondary N) is 1. The van der Waals surface area contributed by atoms with E-state index in [2.05, 4.69) is 9.97 Å². The zero-order chi connectivity index (χ0) is 20.9. The lowest BCUT2D eigenvalue weighted by Gasteiger charge is -2.23. The van der Waals surface area contributed by atoms with E-state index in [1.165, 1.54) is 0 Å². The summed E-state index contributed by atoms with van der Waals surface area (Å²) >= 11 is 0. The van der Waals surface area contributed by atoms with Gasteiger partial charge in [-0.3, -0.25) is 14.6 Å². The number of hydrogen-bond acceptors (Lipinski definition) is 4. The maximum Gasteiger partial charge on any atom is 0.258 e. The third-order valence-corrected chi connectivity index (χ3v) is 4.77. The number of benzene rings is 2. The maximum atomic E-state index is 13.2. The summed E-state index contributed by atoms with van der Waals surface area (Å²) in [4.78, 5) is 34.4. The van der Waals surface area contributed by atoms with Gasteiger partial charge in [-0.15, -0.1) is 0 Å². The summed E-state index contributed by atoms with van der Waals surface area (Å²) in [6, 6.07) is 20.0. The number of para-hydroxylation sites is 1. The van der Waals surface area contributed by atoms with Gasteiger partial charge in [0.15, 0.2) is 0 Å². The number of hydrogen-bond donors (Lipinski definition) is 1. The number of nitrogens with zero attached hydrogens (tertiary/aromatic N) is 2. The second-order valence-electron chi connectivity index (χ2n) is 6.77. The van der Waals surface area contributed by atoms with Gasteiger partial charge in [0.05, 0.1) is 13.2 Å². The van der Waals surface area contributed by atoms with Crippen molar-refractivity contribution in [3.63, 3.8) is 0 Å². The van der Waals surface area contributed by atoms with Gasteiger partial charge in [0.25, 0.3) is 11.5 Å². The van der Waals surface area contributed by atoms with Crippen molar-refractivity contribution < 1.29 is 9.53 Å². The molecule has 4 aromatic rings. The van der Waals surface area contributed by atoms with E-state index < -0.39 is 0 Å². The fraction of sp³-hybridized carbons (Fsp3) is 0.125. The number of ether oxygens (including phenoxy) is 1. The quantitative estimate of drug-likeness (QED) is 0.528. The molecule has 0 bridgehead atoms. The number of H-pyrrole nitrogens is 1. The number of amides is 1. The summed E-state index contributed by atoms with van der Waals surface area (Å²) in [5.41, 5.74) is 2.20. The van der Waals surface area contributed by atoms with Crippen molar-refractivity contribution in [1.29, 1.82) is 0 Å². The molecule has 6 heteroatoms. The first kappa shape index (κ1) is 19.4. The number of carbonyl (C=O) groups is 1. The molecular formula is C24H21N3O3. The van der Waals surface area contributed by atoms with Crippen LogP contribution in [-0.2, 0) is 6.54 Å². The summed E-state index contributed by atoms with van der Waals surface area (Å²) in [6.07, 6.45) is 3.16. The zero-order valence-corrected chi connectivity index (χ0v) is 16.5. The average Bonchev–Trinajstić information content (AvgIpc) is 2.79. The van der Waals surface area contributed by atoms with Crippen LogP contribution in [0.3, 0.4) is 0 Å². The minimum absolute atomic E-state index is 0.134. The number of carbonyl (C=O) groups excluding carboxylic acids is 1. The lowest BCUT2D eigenvalue weighted by Crippen LogP contribution is -2.32.